The molecule has 0 saturated carbocycles. The van der Waals surface area contributed by atoms with Crippen molar-refractivity contribution in [3.8, 4) is 17.3 Å². The summed E-state index contributed by atoms with van der Waals surface area (Å²) < 4.78 is 12.6. The Morgan fingerprint density at radius 1 is 1.13 bits per heavy atom. The highest BCUT2D eigenvalue weighted by atomic mass is 16.5. The van der Waals surface area contributed by atoms with Crippen LogP contribution in [0.1, 0.15) is 22.5 Å². The molecule has 31 heavy (non-hydrogen) atoms. The molecule has 0 aliphatic heterocycles. The summed E-state index contributed by atoms with van der Waals surface area (Å²) in [5.74, 6) is 3.13. The quantitative estimate of drug-likeness (QED) is 0.466. The zero-order chi connectivity index (χ0) is 22.4. The van der Waals surface area contributed by atoms with Gasteiger partial charge in [0.15, 0.2) is 11.8 Å². The molecule has 0 aliphatic rings. The highest BCUT2D eigenvalue weighted by Gasteiger charge is 2.12. The maximum Gasteiger partial charge on any atom is 0.193 e. The highest BCUT2D eigenvalue weighted by Crippen LogP contribution is 2.25. The van der Waals surface area contributed by atoms with Gasteiger partial charge in [-0.1, -0.05) is 6.07 Å². The Balaban J connectivity index is 1.63. The van der Waals surface area contributed by atoms with Crippen LogP contribution in [0.25, 0.3) is 5.82 Å². The Morgan fingerprint density at radius 2 is 1.94 bits per heavy atom. The lowest BCUT2D eigenvalue weighted by molar-refractivity contribution is 0.382. The second-order valence-electron chi connectivity index (χ2n) is 7.30. The molecule has 2 aromatic heterocycles. The van der Waals surface area contributed by atoms with Gasteiger partial charge < -0.3 is 19.7 Å². The van der Waals surface area contributed by atoms with Crippen molar-refractivity contribution in [2.24, 2.45) is 4.99 Å². The van der Waals surface area contributed by atoms with Gasteiger partial charge in [-0.3, -0.25) is 4.99 Å². The van der Waals surface area contributed by atoms with Crippen LogP contribution in [0.3, 0.4) is 0 Å². The van der Waals surface area contributed by atoms with Crippen LogP contribution in [0.5, 0.6) is 11.5 Å². The van der Waals surface area contributed by atoms with E-state index in [9.17, 15) is 0 Å². The molecule has 0 aliphatic carbocycles. The molecule has 0 atom stereocenters. The van der Waals surface area contributed by atoms with E-state index in [0.717, 1.165) is 45.8 Å². The molecule has 1 N–H and O–H groups in total. The van der Waals surface area contributed by atoms with E-state index < -0.39 is 0 Å². The number of nitrogens with zero attached hydrogens (tertiary/aromatic N) is 5. The van der Waals surface area contributed by atoms with E-state index in [-0.39, 0.29) is 0 Å². The first-order chi connectivity index (χ1) is 14.9. The van der Waals surface area contributed by atoms with Crippen LogP contribution in [-0.4, -0.2) is 53.9 Å². The van der Waals surface area contributed by atoms with Gasteiger partial charge >= 0.3 is 0 Å². The van der Waals surface area contributed by atoms with Gasteiger partial charge in [-0.15, -0.1) is 0 Å². The Kier molecular flexibility index (Phi) is 7.12. The van der Waals surface area contributed by atoms with E-state index in [4.69, 9.17) is 9.47 Å². The average Bonchev–Trinajstić information content (AvgIpc) is 3.12. The van der Waals surface area contributed by atoms with Gasteiger partial charge in [0.25, 0.3) is 0 Å². The maximum absolute atomic E-state index is 5.51. The average molecular weight is 423 g/mol. The number of pyridine rings is 1. The van der Waals surface area contributed by atoms with Crippen molar-refractivity contribution in [3.63, 3.8) is 0 Å². The minimum absolute atomic E-state index is 0.612. The Morgan fingerprint density at radius 3 is 2.52 bits per heavy atom. The van der Waals surface area contributed by atoms with Gasteiger partial charge in [-0.25, -0.2) is 9.67 Å². The summed E-state index contributed by atoms with van der Waals surface area (Å²) in [6.07, 6.45) is 1.86. The first-order valence-electron chi connectivity index (χ1n) is 10.1. The molecule has 2 heterocycles. The number of hydrogen-bond acceptors (Lipinski definition) is 5. The molecular formula is C23H30N6O2. The standard InChI is InChI=1S/C23H30N6O2/c1-16-11-17(2)29(27-16)22-10-7-18(13-25-22)14-26-23(24-3)28(4)15-19-8-9-20(30-5)12-21(19)31-6/h7-13H,14-15H2,1-6H3,(H,24,26). The van der Waals surface area contributed by atoms with Crippen molar-refractivity contribution in [1.82, 2.24) is 25.0 Å². The number of guanidine groups is 1. The number of nitrogens with one attached hydrogen (secondary N) is 1. The van der Waals surface area contributed by atoms with Crippen LogP contribution in [0.4, 0.5) is 0 Å². The van der Waals surface area contributed by atoms with Crippen LogP contribution >= 0.6 is 0 Å². The van der Waals surface area contributed by atoms with E-state index in [1.807, 2.05) is 73.1 Å². The van der Waals surface area contributed by atoms with Crippen LogP contribution < -0.4 is 14.8 Å². The first kappa shape index (κ1) is 22.1. The summed E-state index contributed by atoms with van der Waals surface area (Å²) in [5, 5.41) is 7.87. The third-order valence-electron chi connectivity index (χ3n) is 4.96. The summed E-state index contributed by atoms with van der Waals surface area (Å²) in [6, 6.07) is 11.9. The lowest BCUT2D eigenvalue weighted by Crippen LogP contribution is -2.38. The number of rotatable bonds is 7. The van der Waals surface area contributed by atoms with Crippen LogP contribution in [0.15, 0.2) is 47.6 Å². The smallest absolute Gasteiger partial charge is 0.193 e. The molecule has 164 valence electrons. The number of methoxy groups -OCH3 is 2. The number of hydrogen-bond donors (Lipinski definition) is 1. The van der Waals surface area contributed by atoms with Gasteiger partial charge in [0.2, 0.25) is 0 Å². The third-order valence-corrected chi connectivity index (χ3v) is 4.96. The predicted molar refractivity (Wildman–Crippen MR) is 122 cm³/mol. The van der Waals surface area contributed by atoms with Gasteiger partial charge in [0, 0.05) is 50.7 Å². The number of ether oxygens (including phenoxy) is 2. The molecule has 0 unspecified atom stereocenters. The number of benzene rings is 1. The molecule has 0 saturated heterocycles. The zero-order valence-corrected chi connectivity index (χ0v) is 19.0. The third kappa shape index (κ3) is 5.33. The minimum atomic E-state index is 0.612. The van der Waals surface area contributed by atoms with E-state index >= 15 is 0 Å². The molecular weight excluding hydrogens is 392 g/mol. The van der Waals surface area contributed by atoms with Crippen molar-refractivity contribution in [1.29, 1.82) is 0 Å². The second kappa shape index (κ2) is 9.97. The molecule has 0 amide bonds. The summed E-state index contributed by atoms with van der Waals surface area (Å²) >= 11 is 0. The van der Waals surface area contributed by atoms with Gasteiger partial charge in [-0.05, 0) is 43.7 Å². The number of aryl methyl sites for hydroxylation is 2. The van der Waals surface area contributed by atoms with Crippen LogP contribution in [0, 0.1) is 13.8 Å². The summed E-state index contributed by atoms with van der Waals surface area (Å²) in [5.41, 5.74) is 4.14. The molecule has 0 radical (unpaired) electrons. The lowest BCUT2D eigenvalue weighted by Gasteiger charge is -2.23. The fraction of sp³-hybridized carbons (Fsp3) is 0.348. The topological polar surface area (TPSA) is 76.8 Å². The normalized spacial score (nSPS) is 11.4. The lowest BCUT2D eigenvalue weighted by atomic mass is 10.2. The molecule has 0 fully saturated rings. The Bertz CT molecular complexity index is 1040. The minimum Gasteiger partial charge on any atom is -0.497 e. The van der Waals surface area contributed by atoms with E-state index in [1.165, 1.54) is 0 Å². The molecule has 0 spiro atoms. The van der Waals surface area contributed by atoms with E-state index in [1.54, 1.807) is 21.3 Å². The molecule has 3 aromatic rings. The highest BCUT2D eigenvalue weighted by molar-refractivity contribution is 5.79. The van der Waals surface area contributed by atoms with Crippen molar-refractivity contribution in [2.75, 3.05) is 28.3 Å². The van der Waals surface area contributed by atoms with Crippen molar-refractivity contribution in [2.45, 2.75) is 26.9 Å². The SMILES string of the molecule is CN=C(NCc1ccc(-n2nc(C)cc2C)nc1)N(C)Cc1ccc(OC)cc1OC. The van der Waals surface area contributed by atoms with Gasteiger partial charge in [-0.2, -0.15) is 5.10 Å². The van der Waals surface area contributed by atoms with E-state index in [2.05, 4.69) is 20.4 Å². The zero-order valence-electron chi connectivity index (χ0n) is 19.0. The van der Waals surface area contributed by atoms with Crippen LogP contribution in [0.2, 0.25) is 0 Å². The molecule has 8 heteroatoms. The Hall–Kier alpha value is -3.55. The van der Waals surface area contributed by atoms with E-state index in [0.29, 0.717) is 13.1 Å². The second-order valence-corrected chi connectivity index (χ2v) is 7.30. The Labute approximate surface area is 183 Å². The van der Waals surface area contributed by atoms with Crippen molar-refractivity contribution < 1.29 is 9.47 Å². The monoisotopic (exact) mass is 422 g/mol. The van der Waals surface area contributed by atoms with Crippen molar-refractivity contribution >= 4 is 5.96 Å². The van der Waals surface area contributed by atoms with Crippen LogP contribution in [-0.2, 0) is 13.1 Å². The molecule has 0 bridgehead atoms. The summed E-state index contributed by atoms with van der Waals surface area (Å²) in [7, 11) is 7.07. The molecule has 1 aromatic carbocycles. The largest absolute Gasteiger partial charge is 0.497 e. The summed E-state index contributed by atoms with van der Waals surface area (Å²) in [6.45, 7) is 5.25. The fourth-order valence-electron chi connectivity index (χ4n) is 3.39. The first-order valence-corrected chi connectivity index (χ1v) is 10.1. The maximum atomic E-state index is 5.51. The molecule has 3 rings (SSSR count). The van der Waals surface area contributed by atoms with Crippen molar-refractivity contribution in [3.05, 3.63) is 65.1 Å². The number of aromatic nitrogens is 3. The predicted octanol–water partition coefficient (Wildman–Crippen LogP) is 3.11. The number of aliphatic imine (C=N–C) groups is 1. The van der Waals surface area contributed by atoms with Gasteiger partial charge in [0.05, 0.1) is 19.9 Å². The van der Waals surface area contributed by atoms with Gasteiger partial charge in [0.1, 0.15) is 11.5 Å². The fourth-order valence-corrected chi connectivity index (χ4v) is 3.39. The summed E-state index contributed by atoms with van der Waals surface area (Å²) in [4.78, 5) is 11.0. The molecule has 8 nitrogen and oxygen atoms in total.